The van der Waals surface area contributed by atoms with Gasteiger partial charge in [-0.15, -0.1) is 0 Å². The standard InChI is InChI=1S/C24H33N3O3S/c1-18(2)20-12-14-22(15-13-20)27(31(6,29)30)17-23(28)26-25-19(3)16-24(4,5)21-10-8-7-9-11-21/h7-15,18H,16-17H2,1-6H3,(H,26,28)/b25-19-. The van der Waals surface area contributed by atoms with E-state index in [2.05, 4.69) is 50.4 Å². The van der Waals surface area contributed by atoms with Gasteiger partial charge >= 0.3 is 0 Å². The Morgan fingerprint density at radius 1 is 1.06 bits per heavy atom. The summed E-state index contributed by atoms with van der Waals surface area (Å²) >= 11 is 0. The molecule has 0 radical (unpaired) electrons. The van der Waals surface area contributed by atoms with Crippen LogP contribution in [0.25, 0.3) is 0 Å². The summed E-state index contributed by atoms with van der Waals surface area (Å²) in [4.78, 5) is 12.5. The Morgan fingerprint density at radius 2 is 1.65 bits per heavy atom. The van der Waals surface area contributed by atoms with Gasteiger partial charge in [0.25, 0.3) is 5.91 Å². The molecule has 0 saturated carbocycles. The average Bonchev–Trinajstić information content (AvgIpc) is 2.70. The first-order valence-corrected chi connectivity index (χ1v) is 12.2. The van der Waals surface area contributed by atoms with Gasteiger partial charge in [-0.3, -0.25) is 9.10 Å². The van der Waals surface area contributed by atoms with Crippen LogP contribution in [0.4, 0.5) is 5.69 Å². The molecule has 2 aromatic carbocycles. The van der Waals surface area contributed by atoms with Crippen LogP contribution in [-0.2, 0) is 20.2 Å². The molecule has 2 rings (SSSR count). The normalized spacial score (nSPS) is 12.7. The molecule has 0 aliphatic heterocycles. The second kappa shape index (κ2) is 10.1. The number of nitrogens with zero attached hydrogens (tertiary/aromatic N) is 2. The Hall–Kier alpha value is -2.67. The first-order chi connectivity index (χ1) is 14.4. The van der Waals surface area contributed by atoms with Crippen LogP contribution in [0.5, 0.6) is 0 Å². The van der Waals surface area contributed by atoms with Crippen molar-refractivity contribution in [1.29, 1.82) is 0 Å². The Balaban J connectivity index is 2.07. The predicted molar refractivity (Wildman–Crippen MR) is 128 cm³/mol. The number of hydrogen-bond acceptors (Lipinski definition) is 4. The number of nitrogens with one attached hydrogen (secondary N) is 1. The molecule has 0 spiro atoms. The highest BCUT2D eigenvalue weighted by Gasteiger charge is 2.23. The molecule has 31 heavy (non-hydrogen) atoms. The van der Waals surface area contributed by atoms with Crippen molar-refractivity contribution in [2.45, 2.75) is 52.4 Å². The minimum absolute atomic E-state index is 0.142. The minimum atomic E-state index is -3.63. The zero-order valence-corrected chi connectivity index (χ0v) is 20.0. The topological polar surface area (TPSA) is 78.8 Å². The number of hydrazone groups is 1. The van der Waals surface area contributed by atoms with Crippen molar-refractivity contribution in [3.63, 3.8) is 0 Å². The predicted octanol–water partition coefficient (Wildman–Crippen LogP) is 4.44. The molecule has 0 aliphatic carbocycles. The molecular weight excluding hydrogens is 410 g/mol. The maximum Gasteiger partial charge on any atom is 0.260 e. The van der Waals surface area contributed by atoms with Gasteiger partial charge < -0.3 is 0 Å². The summed E-state index contributed by atoms with van der Waals surface area (Å²) < 4.78 is 25.6. The lowest BCUT2D eigenvalue weighted by Gasteiger charge is -2.25. The van der Waals surface area contributed by atoms with Gasteiger partial charge in [-0.1, -0.05) is 70.2 Å². The van der Waals surface area contributed by atoms with Crippen molar-refractivity contribution in [2.75, 3.05) is 17.1 Å². The Kier molecular flexibility index (Phi) is 8.01. The smallest absolute Gasteiger partial charge is 0.260 e. The zero-order valence-electron chi connectivity index (χ0n) is 19.2. The zero-order chi connectivity index (χ0) is 23.2. The van der Waals surface area contributed by atoms with Crippen LogP contribution in [-0.4, -0.2) is 32.8 Å². The summed E-state index contributed by atoms with van der Waals surface area (Å²) in [6.45, 7) is 9.89. The monoisotopic (exact) mass is 443 g/mol. The minimum Gasteiger partial charge on any atom is -0.271 e. The van der Waals surface area contributed by atoms with E-state index >= 15 is 0 Å². The third kappa shape index (κ3) is 7.21. The maximum absolute atomic E-state index is 12.5. The van der Waals surface area contributed by atoms with Gasteiger partial charge in [-0.2, -0.15) is 5.10 Å². The van der Waals surface area contributed by atoms with Gasteiger partial charge in [0.2, 0.25) is 10.0 Å². The van der Waals surface area contributed by atoms with Crippen LogP contribution in [0.15, 0.2) is 59.7 Å². The van der Waals surface area contributed by atoms with E-state index in [1.807, 2.05) is 37.3 Å². The molecule has 1 N–H and O–H groups in total. The highest BCUT2D eigenvalue weighted by molar-refractivity contribution is 7.92. The number of benzene rings is 2. The van der Waals surface area contributed by atoms with Crippen molar-refractivity contribution < 1.29 is 13.2 Å². The van der Waals surface area contributed by atoms with Crippen molar-refractivity contribution in [3.05, 3.63) is 65.7 Å². The lowest BCUT2D eigenvalue weighted by Crippen LogP contribution is -2.39. The lowest BCUT2D eigenvalue weighted by atomic mass is 9.80. The molecule has 168 valence electrons. The largest absolute Gasteiger partial charge is 0.271 e. The average molecular weight is 444 g/mol. The van der Waals surface area contributed by atoms with Crippen molar-refractivity contribution >= 4 is 27.3 Å². The summed E-state index contributed by atoms with van der Waals surface area (Å²) in [6.07, 6.45) is 1.75. The van der Waals surface area contributed by atoms with E-state index in [1.54, 1.807) is 12.1 Å². The second-order valence-electron chi connectivity index (χ2n) is 8.82. The molecule has 0 aliphatic rings. The Morgan fingerprint density at radius 3 is 2.16 bits per heavy atom. The van der Waals surface area contributed by atoms with Crippen molar-refractivity contribution in [1.82, 2.24) is 5.43 Å². The maximum atomic E-state index is 12.5. The molecule has 2 aromatic rings. The fourth-order valence-corrected chi connectivity index (χ4v) is 4.28. The number of carbonyl (C=O) groups excluding carboxylic acids is 1. The summed E-state index contributed by atoms with van der Waals surface area (Å²) in [6, 6.07) is 17.3. The van der Waals surface area contributed by atoms with Crippen molar-refractivity contribution in [2.24, 2.45) is 5.10 Å². The number of sulfonamides is 1. The summed E-state index contributed by atoms with van der Waals surface area (Å²) in [7, 11) is -3.63. The fourth-order valence-electron chi connectivity index (χ4n) is 3.42. The number of carbonyl (C=O) groups is 1. The fraction of sp³-hybridized carbons (Fsp3) is 0.417. The number of amides is 1. The van der Waals surface area contributed by atoms with E-state index in [9.17, 15) is 13.2 Å². The van der Waals surface area contributed by atoms with Crippen LogP contribution in [0.2, 0.25) is 0 Å². The number of hydrogen-bond donors (Lipinski definition) is 1. The molecule has 7 heteroatoms. The molecular formula is C24H33N3O3S. The Labute approximate surface area is 186 Å². The van der Waals surface area contributed by atoms with E-state index in [0.717, 1.165) is 21.8 Å². The van der Waals surface area contributed by atoms with Gasteiger partial charge in [-0.05, 0) is 47.9 Å². The second-order valence-corrected chi connectivity index (χ2v) is 10.7. The van der Waals surface area contributed by atoms with E-state index in [-0.39, 0.29) is 12.0 Å². The molecule has 0 bridgehead atoms. The summed E-state index contributed by atoms with van der Waals surface area (Å²) in [5, 5.41) is 4.20. The molecule has 0 atom stereocenters. The van der Waals surface area contributed by atoms with Crippen LogP contribution >= 0.6 is 0 Å². The van der Waals surface area contributed by atoms with Gasteiger partial charge in [-0.25, -0.2) is 13.8 Å². The lowest BCUT2D eigenvalue weighted by molar-refractivity contribution is -0.119. The van der Waals surface area contributed by atoms with E-state index in [4.69, 9.17) is 0 Å². The van der Waals surface area contributed by atoms with Gasteiger partial charge in [0.05, 0.1) is 11.9 Å². The summed E-state index contributed by atoms with van der Waals surface area (Å²) in [5.41, 5.74) is 5.85. The van der Waals surface area contributed by atoms with Crippen LogP contribution in [0.3, 0.4) is 0 Å². The van der Waals surface area contributed by atoms with E-state index in [0.29, 0.717) is 18.0 Å². The molecule has 0 unspecified atom stereocenters. The molecule has 0 aromatic heterocycles. The number of rotatable bonds is 9. The first kappa shape index (κ1) is 24.6. The van der Waals surface area contributed by atoms with Crippen molar-refractivity contribution in [3.8, 4) is 0 Å². The first-order valence-electron chi connectivity index (χ1n) is 10.4. The number of anilines is 1. The highest BCUT2D eigenvalue weighted by Crippen LogP contribution is 2.27. The van der Waals surface area contributed by atoms with Crippen LogP contribution in [0, 0.1) is 0 Å². The molecule has 6 nitrogen and oxygen atoms in total. The van der Waals surface area contributed by atoms with Gasteiger partial charge in [0.15, 0.2) is 0 Å². The Bertz CT molecular complexity index is 1010. The SMILES string of the molecule is C/C(CC(C)(C)c1ccccc1)=N/NC(=O)CN(c1ccc(C(C)C)cc1)S(C)(=O)=O. The summed E-state index contributed by atoms with van der Waals surface area (Å²) in [5.74, 6) is -0.156. The molecule has 0 saturated heterocycles. The highest BCUT2D eigenvalue weighted by atomic mass is 32.2. The van der Waals surface area contributed by atoms with Gasteiger partial charge in [0, 0.05) is 5.71 Å². The van der Waals surface area contributed by atoms with E-state index < -0.39 is 15.9 Å². The van der Waals surface area contributed by atoms with Gasteiger partial charge in [0.1, 0.15) is 6.54 Å². The van der Waals surface area contributed by atoms with Crippen LogP contribution in [0.1, 0.15) is 58.1 Å². The molecule has 1 amide bonds. The third-order valence-electron chi connectivity index (χ3n) is 5.16. The molecule has 0 heterocycles. The van der Waals surface area contributed by atoms with E-state index in [1.165, 1.54) is 5.56 Å². The quantitative estimate of drug-likeness (QED) is 0.460. The third-order valence-corrected chi connectivity index (χ3v) is 6.30. The van der Waals surface area contributed by atoms with Crippen LogP contribution < -0.4 is 9.73 Å². The molecule has 0 fully saturated rings.